The summed E-state index contributed by atoms with van der Waals surface area (Å²) in [7, 11) is 1.29. The number of rotatable bonds is 3. The van der Waals surface area contributed by atoms with Crippen LogP contribution in [0.15, 0.2) is 54.6 Å². The topological polar surface area (TPSA) is 75.7 Å². The highest BCUT2D eigenvalue weighted by molar-refractivity contribution is 6.23. The highest BCUT2D eigenvalue weighted by Gasteiger charge is 2.61. The normalized spacial score (nSPS) is 27.0. The fourth-order valence-electron chi connectivity index (χ4n) is 4.21. The van der Waals surface area contributed by atoms with Crippen LogP contribution in [0.3, 0.4) is 0 Å². The summed E-state index contributed by atoms with van der Waals surface area (Å²) < 4.78 is 4.90. The zero-order valence-electron chi connectivity index (χ0n) is 15.1. The summed E-state index contributed by atoms with van der Waals surface area (Å²) in [6.07, 6.45) is 0. The first-order valence-electron chi connectivity index (χ1n) is 8.87. The van der Waals surface area contributed by atoms with Crippen molar-refractivity contribution in [2.45, 2.75) is 19.0 Å². The summed E-state index contributed by atoms with van der Waals surface area (Å²) in [6, 6.07) is 15.2. The SMILES string of the molecule is COC(=O)[C@@H]1N[C@H](c2ccccc2C)[C@H]2C(=O)N(c3ccccc3)C(=O)[C@H]21. The van der Waals surface area contributed by atoms with Crippen LogP contribution in [0.4, 0.5) is 5.69 Å². The number of ether oxygens (including phenoxy) is 1. The molecule has 0 bridgehead atoms. The predicted molar refractivity (Wildman–Crippen MR) is 98.8 cm³/mol. The highest BCUT2D eigenvalue weighted by atomic mass is 16.5. The number of aryl methyl sites for hydroxylation is 1. The maximum atomic E-state index is 13.3. The first kappa shape index (κ1) is 17.4. The van der Waals surface area contributed by atoms with Crippen LogP contribution in [0.2, 0.25) is 0 Å². The molecule has 0 unspecified atom stereocenters. The van der Waals surface area contributed by atoms with Crippen LogP contribution in [0.5, 0.6) is 0 Å². The van der Waals surface area contributed by atoms with Crippen molar-refractivity contribution < 1.29 is 19.1 Å². The molecule has 2 aliphatic rings. The van der Waals surface area contributed by atoms with E-state index in [1.807, 2.05) is 37.3 Å². The van der Waals surface area contributed by atoms with Gasteiger partial charge in [0.05, 0.1) is 24.6 Å². The minimum absolute atomic E-state index is 0.289. The van der Waals surface area contributed by atoms with Gasteiger partial charge in [0.25, 0.3) is 0 Å². The van der Waals surface area contributed by atoms with E-state index < -0.39 is 29.9 Å². The summed E-state index contributed by atoms with van der Waals surface area (Å²) in [6.45, 7) is 1.95. The maximum Gasteiger partial charge on any atom is 0.323 e. The molecular formula is C21H20N2O4. The van der Waals surface area contributed by atoms with E-state index in [4.69, 9.17) is 4.74 Å². The van der Waals surface area contributed by atoms with E-state index in [9.17, 15) is 14.4 Å². The molecule has 0 saturated carbocycles. The number of fused-ring (bicyclic) bond motifs is 1. The van der Waals surface area contributed by atoms with Crippen LogP contribution in [-0.4, -0.2) is 30.9 Å². The van der Waals surface area contributed by atoms with Crippen molar-refractivity contribution in [3.05, 3.63) is 65.7 Å². The minimum Gasteiger partial charge on any atom is -0.468 e. The molecule has 4 atom stereocenters. The van der Waals surface area contributed by atoms with Crippen molar-refractivity contribution in [1.82, 2.24) is 5.32 Å². The Labute approximate surface area is 157 Å². The van der Waals surface area contributed by atoms with Crippen molar-refractivity contribution in [3.63, 3.8) is 0 Å². The van der Waals surface area contributed by atoms with Crippen LogP contribution >= 0.6 is 0 Å². The predicted octanol–water partition coefficient (Wildman–Crippen LogP) is 1.99. The molecule has 0 aromatic heterocycles. The van der Waals surface area contributed by atoms with E-state index in [2.05, 4.69) is 5.32 Å². The van der Waals surface area contributed by atoms with Gasteiger partial charge < -0.3 is 4.74 Å². The Morgan fingerprint density at radius 3 is 2.26 bits per heavy atom. The number of esters is 1. The minimum atomic E-state index is -0.852. The fraction of sp³-hybridized carbons (Fsp3) is 0.286. The summed E-state index contributed by atoms with van der Waals surface area (Å²) in [5, 5.41) is 3.19. The van der Waals surface area contributed by atoms with E-state index in [1.165, 1.54) is 12.0 Å². The largest absolute Gasteiger partial charge is 0.468 e. The van der Waals surface area contributed by atoms with Gasteiger partial charge in [0.1, 0.15) is 6.04 Å². The zero-order valence-corrected chi connectivity index (χ0v) is 15.1. The number of nitrogens with zero attached hydrogens (tertiary/aromatic N) is 1. The first-order valence-corrected chi connectivity index (χ1v) is 8.87. The van der Waals surface area contributed by atoms with Crippen molar-refractivity contribution >= 4 is 23.5 Å². The van der Waals surface area contributed by atoms with Gasteiger partial charge in [-0.1, -0.05) is 42.5 Å². The number of para-hydroxylation sites is 1. The molecule has 0 aliphatic carbocycles. The van der Waals surface area contributed by atoms with Gasteiger partial charge >= 0.3 is 5.97 Å². The maximum absolute atomic E-state index is 13.3. The van der Waals surface area contributed by atoms with Crippen LogP contribution in [0.25, 0.3) is 0 Å². The van der Waals surface area contributed by atoms with E-state index >= 15 is 0 Å². The monoisotopic (exact) mass is 364 g/mol. The molecule has 27 heavy (non-hydrogen) atoms. The van der Waals surface area contributed by atoms with Gasteiger partial charge in [-0.15, -0.1) is 0 Å². The summed E-state index contributed by atoms with van der Waals surface area (Å²) in [5.41, 5.74) is 2.43. The van der Waals surface area contributed by atoms with Gasteiger partial charge in [0, 0.05) is 6.04 Å². The molecule has 1 N–H and O–H groups in total. The summed E-state index contributed by atoms with van der Waals surface area (Å²) in [4.78, 5) is 40.0. The molecule has 4 rings (SSSR count). The molecule has 2 aromatic rings. The van der Waals surface area contributed by atoms with Crippen molar-refractivity contribution in [3.8, 4) is 0 Å². The average Bonchev–Trinajstić information content (AvgIpc) is 3.19. The second-order valence-electron chi connectivity index (χ2n) is 6.90. The molecule has 6 heteroatoms. The van der Waals surface area contributed by atoms with E-state index in [0.717, 1.165) is 11.1 Å². The second-order valence-corrected chi connectivity index (χ2v) is 6.90. The molecule has 0 spiro atoms. The van der Waals surface area contributed by atoms with E-state index in [-0.39, 0.29) is 11.8 Å². The average molecular weight is 364 g/mol. The molecule has 138 valence electrons. The molecule has 0 radical (unpaired) electrons. The van der Waals surface area contributed by atoms with Crippen molar-refractivity contribution in [1.29, 1.82) is 0 Å². The Balaban J connectivity index is 1.80. The Hall–Kier alpha value is -2.99. The standard InChI is InChI=1S/C21H20N2O4/c1-12-8-6-7-11-14(12)17-15-16(18(22-17)21(26)27-2)20(25)23(19(15)24)13-9-4-3-5-10-13/h3-11,15-18,22H,1-2H3/t15-,16+,17+,18+/m0/s1. The molecule has 2 fully saturated rings. The number of nitrogens with one attached hydrogen (secondary N) is 1. The van der Waals surface area contributed by atoms with Gasteiger partial charge in [0.15, 0.2) is 0 Å². The Bertz CT molecular complexity index is 911. The number of methoxy groups -OCH3 is 1. The lowest BCUT2D eigenvalue weighted by Crippen LogP contribution is -2.43. The number of carbonyl (C=O) groups is 3. The molecule has 2 aromatic carbocycles. The van der Waals surface area contributed by atoms with Crippen LogP contribution in [-0.2, 0) is 19.1 Å². The number of imide groups is 1. The third-order valence-electron chi connectivity index (χ3n) is 5.47. The Kier molecular flexibility index (Phi) is 4.28. The number of amides is 2. The molecule has 2 amide bonds. The number of carbonyl (C=O) groups excluding carboxylic acids is 3. The van der Waals surface area contributed by atoms with E-state index in [0.29, 0.717) is 5.69 Å². The second kappa shape index (κ2) is 6.63. The van der Waals surface area contributed by atoms with Crippen LogP contribution < -0.4 is 10.2 Å². The zero-order chi connectivity index (χ0) is 19.1. The third kappa shape index (κ3) is 2.64. The molecule has 2 heterocycles. The van der Waals surface area contributed by atoms with Gasteiger partial charge in [-0.3, -0.25) is 19.7 Å². The van der Waals surface area contributed by atoms with Crippen molar-refractivity contribution in [2.75, 3.05) is 12.0 Å². The lowest BCUT2D eigenvalue weighted by atomic mass is 9.85. The van der Waals surface area contributed by atoms with Crippen LogP contribution in [0.1, 0.15) is 17.2 Å². The molecule has 2 saturated heterocycles. The van der Waals surface area contributed by atoms with E-state index in [1.54, 1.807) is 24.3 Å². The molecular weight excluding hydrogens is 344 g/mol. The molecule has 2 aliphatic heterocycles. The lowest BCUT2D eigenvalue weighted by Gasteiger charge is -2.22. The Morgan fingerprint density at radius 1 is 0.963 bits per heavy atom. The van der Waals surface area contributed by atoms with Gasteiger partial charge in [-0.05, 0) is 30.2 Å². The Morgan fingerprint density at radius 2 is 1.59 bits per heavy atom. The fourth-order valence-corrected chi connectivity index (χ4v) is 4.21. The first-order chi connectivity index (χ1) is 13.0. The summed E-state index contributed by atoms with van der Waals surface area (Å²) in [5.74, 6) is -2.62. The van der Waals surface area contributed by atoms with Gasteiger partial charge in [0.2, 0.25) is 11.8 Å². The van der Waals surface area contributed by atoms with Gasteiger partial charge in [-0.2, -0.15) is 0 Å². The smallest absolute Gasteiger partial charge is 0.323 e. The van der Waals surface area contributed by atoms with Gasteiger partial charge in [-0.25, -0.2) is 4.90 Å². The quantitative estimate of drug-likeness (QED) is 0.666. The van der Waals surface area contributed by atoms with Crippen molar-refractivity contribution in [2.24, 2.45) is 11.8 Å². The number of hydrogen-bond donors (Lipinski definition) is 1. The molecule has 6 nitrogen and oxygen atoms in total. The summed E-state index contributed by atoms with van der Waals surface area (Å²) >= 11 is 0. The van der Waals surface area contributed by atoms with Crippen LogP contribution in [0, 0.1) is 18.8 Å². The third-order valence-corrected chi connectivity index (χ3v) is 5.47. The number of anilines is 1. The lowest BCUT2D eigenvalue weighted by molar-refractivity contribution is -0.145. The number of hydrogen-bond acceptors (Lipinski definition) is 5. The number of benzene rings is 2. The highest BCUT2D eigenvalue weighted by Crippen LogP contribution is 2.46.